The van der Waals surface area contributed by atoms with Gasteiger partial charge in [0.2, 0.25) is 0 Å². The molecule has 0 radical (unpaired) electrons. The third-order valence-electron chi connectivity index (χ3n) is 1.28. The van der Waals surface area contributed by atoms with Crippen molar-refractivity contribution in [3.05, 3.63) is 12.2 Å². The first-order valence-corrected chi connectivity index (χ1v) is 3.76. The van der Waals surface area contributed by atoms with Crippen LogP contribution in [0.2, 0.25) is 0 Å². The van der Waals surface area contributed by atoms with Gasteiger partial charge >= 0.3 is 5.97 Å². The van der Waals surface area contributed by atoms with E-state index in [1.165, 1.54) is 13.2 Å². The highest BCUT2D eigenvalue weighted by molar-refractivity contribution is 5.81. The molecule has 0 fully saturated rings. The number of methoxy groups -OCH3 is 1. The van der Waals surface area contributed by atoms with Crippen LogP contribution in [0.1, 0.15) is 19.3 Å². The molecule has 3 heteroatoms. The highest BCUT2D eigenvalue weighted by Gasteiger charge is 1.88. The lowest BCUT2D eigenvalue weighted by Gasteiger charge is -1.91. The van der Waals surface area contributed by atoms with Crippen molar-refractivity contribution in [2.75, 3.05) is 13.7 Å². The fourth-order valence-corrected chi connectivity index (χ4v) is 0.654. The Morgan fingerprint density at radius 3 is 2.82 bits per heavy atom. The van der Waals surface area contributed by atoms with E-state index in [1.807, 2.05) is 6.08 Å². The van der Waals surface area contributed by atoms with Crippen molar-refractivity contribution >= 4 is 5.97 Å². The summed E-state index contributed by atoms with van der Waals surface area (Å²) < 4.78 is 4.41. The number of nitrogens with two attached hydrogens (primary N) is 1. The third kappa shape index (κ3) is 7.06. The van der Waals surface area contributed by atoms with Gasteiger partial charge in [-0.1, -0.05) is 6.08 Å². The first kappa shape index (κ1) is 10.2. The summed E-state index contributed by atoms with van der Waals surface area (Å²) in [6.07, 6.45) is 6.18. The van der Waals surface area contributed by atoms with Crippen LogP contribution in [0.15, 0.2) is 12.2 Å². The van der Waals surface area contributed by atoms with Crippen LogP contribution in [0.3, 0.4) is 0 Å². The molecule has 0 amide bonds. The maximum absolute atomic E-state index is 10.5. The molecule has 2 N–H and O–H groups in total. The number of unbranched alkanes of at least 4 members (excludes halogenated alkanes) is 2. The van der Waals surface area contributed by atoms with E-state index in [-0.39, 0.29) is 5.97 Å². The lowest BCUT2D eigenvalue weighted by Crippen LogP contribution is -1.97. The van der Waals surface area contributed by atoms with E-state index in [0.717, 1.165) is 19.3 Å². The van der Waals surface area contributed by atoms with Gasteiger partial charge in [0.05, 0.1) is 7.11 Å². The second kappa shape index (κ2) is 7.28. The largest absolute Gasteiger partial charge is 0.466 e. The minimum atomic E-state index is -0.294. The normalized spacial score (nSPS) is 10.4. The number of carbonyl (C=O) groups is 1. The molecule has 0 spiro atoms. The molecular weight excluding hydrogens is 142 g/mol. The topological polar surface area (TPSA) is 52.3 Å². The Bertz CT molecular complexity index is 132. The van der Waals surface area contributed by atoms with Crippen LogP contribution in [0.25, 0.3) is 0 Å². The van der Waals surface area contributed by atoms with Crippen LogP contribution >= 0.6 is 0 Å². The van der Waals surface area contributed by atoms with E-state index < -0.39 is 0 Å². The lowest BCUT2D eigenvalue weighted by molar-refractivity contribution is -0.134. The Morgan fingerprint density at radius 2 is 2.27 bits per heavy atom. The molecule has 3 nitrogen and oxygen atoms in total. The quantitative estimate of drug-likeness (QED) is 0.365. The zero-order valence-corrected chi connectivity index (χ0v) is 6.88. The molecule has 11 heavy (non-hydrogen) atoms. The Hall–Kier alpha value is -0.830. The fraction of sp³-hybridized carbons (Fsp3) is 0.625. The van der Waals surface area contributed by atoms with Crippen LogP contribution < -0.4 is 5.73 Å². The Kier molecular flexibility index (Phi) is 6.73. The van der Waals surface area contributed by atoms with Crippen molar-refractivity contribution in [1.82, 2.24) is 0 Å². The van der Waals surface area contributed by atoms with Crippen molar-refractivity contribution in [2.24, 2.45) is 5.73 Å². The molecule has 0 aliphatic carbocycles. The molecule has 0 aliphatic rings. The van der Waals surface area contributed by atoms with Crippen molar-refractivity contribution in [3.8, 4) is 0 Å². The molecule has 0 aliphatic heterocycles. The molecule has 0 saturated carbocycles. The predicted octanol–water partition coefficient (Wildman–Crippen LogP) is 0.845. The number of allylic oxidation sites excluding steroid dienone is 1. The van der Waals surface area contributed by atoms with E-state index in [1.54, 1.807) is 0 Å². The summed E-state index contributed by atoms with van der Waals surface area (Å²) in [7, 11) is 1.37. The highest BCUT2D eigenvalue weighted by atomic mass is 16.5. The second-order valence-corrected chi connectivity index (χ2v) is 2.21. The summed E-state index contributed by atoms with van der Waals surface area (Å²) in [5, 5.41) is 0. The molecule has 0 heterocycles. The molecule has 64 valence electrons. The Labute approximate surface area is 67.2 Å². The number of esters is 1. The Morgan fingerprint density at radius 1 is 1.55 bits per heavy atom. The van der Waals surface area contributed by atoms with Crippen molar-refractivity contribution < 1.29 is 9.53 Å². The molecule has 0 rings (SSSR count). The van der Waals surface area contributed by atoms with Gasteiger partial charge in [-0.2, -0.15) is 0 Å². The van der Waals surface area contributed by atoms with Gasteiger partial charge in [-0.05, 0) is 25.8 Å². The van der Waals surface area contributed by atoms with E-state index in [9.17, 15) is 4.79 Å². The molecule has 0 bridgehead atoms. The third-order valence-corrected chi connectivity index (χ3v) is 1.28. The molecule has 0 unspecified atom stereocenters. The smallest absolute Gasteiger partial charge is 0.330 e. The van der Waals surface area contributed by atoms with E-state index in [0.29, 0.717) is 6.54 Å². The van der Waals surface area contributed by atoms with Gasteiger partial charge in [0.25, 0.3) is 0 Å². The number of ether oxygens (including phenoxy) is 1. The van der Waals surface area contributed by atoms with Crippen LogP contribution in [-0.4, -0.2) is 19.6 Å². The number of rotatable bonds is 5. The van der Waals surface area contributed by atoms with E-state index >= 15 is 0 Å². The van der Waals surface area contributed by atoms with Gasteiger partial charge in [0.1, 0.15) is 0 Å². The van der Waals surface area contributed by atoms with Gasteiger partial charge in [-0.25, -0.2) is 4.79 Å². The number of hydrogen-bond donors (Lipinski definition) is 1. The molecule has 0 atom stereocenters. The zero-order chi connectivity index (χ0) is 8.53. The minimum Gasteiger partial charge on any atom is -0.466 e. The molecule has 0 aromatic rings. The standard InChI is InChI=1S/C8H15NO2/c1-11-8(10)6-4-2-3-5-7-9/h4,6H,2-3,5,7,9H2,1H3/b6-4+. The first-order chi connectivity index (χ1) is 5.31. The predicted molar refractivity (Wildman–Crippen MR) is 44.1 cm³/mol. The summed E-state index contributed by atoms with van der Waals surface area (Å²) >= 11 is 0. The summed E-state index contributed by atoms with van der Waals surface area (Å²) in [4.78, 5) is 10.5. The maximum Gasteiger partial charge on any atom is 0.330 e. The summed E-state index contributed by atoms with van der Waals surface area (Å²) in [6, 6.07) is 0. The average Bonchev–Trinajstić information content (AvgIpc) is 2.04. The van der Waals surface area contributed by atoms with Gasteiger partial charge < -0.3 is 10.5 Å². The fourth-order valence-electron chi connectivity index (χ4n) is 0.654. The first-order valence-electron chi connectivity index (χ1n) is 3.76. The summed E-state index contributed by atoms with van der Waals surface area (Å²) in [6.45, 7) is 0.714. The molecule has 0 aromatic carbocycles. The molecule has 0 saturated heterocycles. The lowest BCUT2D eigenvalue weighted by atomic mass is 10.2. The number of carbonyl (C=O) groups excluding carboxylic acids is 1. The van der Waals surface area contributed by atoms with Gasteiger partial charge in [0.15, 0.2) is 0 Å². The Balaban J connectivity index is 3.22. The SMILES string of the molecule is COC(=O)/C=C/CCCCN. The van der Waals surface area contributed by atoms with Crippen LogP contribution in [0, 0.1) is 0 Å². The summed E-state index contributed by atoms with van der Waals surface area (Å²) in [5.41, 5.74) is 5.28. The molecular formula is C8H15NO2. The van der Waals surface area contributed by atoms with Crippen LogP contribution in [0.5, 0.6) is 0 Å². The van der Waals surface area contributed by atoms with Crippen LogP contribution in [0.4, 0.5) is 0 Å². The summed E-state index contributed by atoms with van der Waals surface area (Å²) in [5.74, 6) is -0.294. The van der Waals surface area contributed by atoms with Gasteiger partial charge in [-0.3, -0.25) is 0 Å². The second-order valence-electron chi connectivity index (χ2n) is 2.21. The van der Waals surface area contributed by atoms with Gasteiger partial charge in [-0.15, -0.1) is 0 Å². The van der Waals surface area contributed by atoms with Crippen molar-refractivity contribution in [3.63, 3.8) is 0 Å². The number of hydrogen-bond acceptors (Lipinski definition) is 3. The zero-order valence-electron chi connectivity index (χ0n) is 6.88. The van der Waals surface area contributed by atoms with E-state index in [4.69, 9.17) is 5.73 Å². The van der Waals surface area contributed by atoms with Gasteiger partial charge in [0, 0.05) is 6.08 Å². The van der Waals surface area contributed by atoms with Crippen molar-refractivity contribution in [1.29, 1.82) is 0 Å². The van der Waals surface area contributed by atoms with Crippen molar-refractivity contribution in [2.45, 2.75) is 19.3 Å². The average molecular weight is 157 g/mol. The molecule has 0 aromatic heterocycles. The monoisotopic (exact) mass is 157 g/mol. The van der Waals surface area contributed by atoms with E-state index in [2.05, 4.69) is 4.74 Å². The minimum absolute atomic E-state index is 0.294. The maximum atomic E-state index is 10.5. The highest BCUT2D eigenvalue weighted by Crippen LogP contribution is 1.94. The van der Waals surface area contributed by atoms with Crippen LogP contribution in [-0.2, 0) is 9.53 Å².